The molecule has 5 nitrogen and oxygen atoms in total. The van der Waals surface area contributed by atoms with Crippen molar-refractivity contribution in [1.29, 1.82) is 0 Å². The predicted molar refractivity (Wildman–Crippen MR) is 78.5 cm³/mol. The molecule has 0 spiro atoms. The molecular weight excluding hydrogens is 266 g/mol. The normalized spacial score (nSPS) is 39.3. The van der Waals surface area contributed by atoms with Crippen molar-refractivity contribution in [2.45, 2.75) is 38.1 Å². The maximum atomic E-state index is 12.7. The van der Waals surface area contributed by atoms with Crippen molar-refractivity contribution in [2.24, 2.45) is 17.8 Å². The summed E-state index contributed by atoms with van der Waals surface area (Å²) < 4.78 is 0. The van der Waals surface area contributed by atoms with Crippen molar-refractivity contribution in [3.8, 4) is 0 Å². The van der Waals surface area contributed by atoms with E-state index < -0.39 is 0 Å². The van der Waals surface area contributed by atoms with E-state index in [1.807, 2.05) is 4.90 Å². The molecule has 4 fully saturated rings. The summed E-state index contributed by atoms with van der Waals surface area (Å²) in [7, 11) is 0. The third-order valence-electron chi connectivity index (χ3n) is 5.97. The molecule has 4 rings (SSSR count). The molecular formula is C16H25N3O2. The van der Waals surface area contributed by atoms with Gasteiger partial charge in [0.15, 0.2) is 0 Å². The summed E-state index contributed by atoms with van der Waals surface area (Å²) in [5, 5.41) is 3.12. The molecule has 116 valence electrons. The molecule has 21 heavy (non-hydrogen) atoms. The average molecular weight is 291 g/mol. The standard InChI is InChI=1S/C16H25N3O2/c20-14-9-17-6-8-19(14)11-3-2-7-18(10-11)16(21)15-12-4-1-5-13(12)15/h11-13,15,17H,1-10H2. The lowest BCUT2D eigenvalue weighted by Gasteiger charge is -2.41. The van der Waals surface area contributed by atoms with Gasteiger partial charge in [-0.2, -0.15) is 0 Å². The molecule has 0 bridgehead atoms. The van der Waals surface area contributed by atoms with Crippen LogP contribution in [0.5, 0.6) is 0 Å². The minimum absolute atomic E-state index is 0.198. The summed E-state index contributed by atoms with van der Waals surface area (Å²) in [6.07, 6.45) is 5.92. The van der Waals surface area contributed by atoms with E-state index in [1.54, 1.807) is 0 Å². The monoisotopic (exact) mass is 291 g/mol. The van der Waals surface area contributed by atoms with Crippen molar-refractivity contribution in [2.75, 3.05) is 32.7 Å². The van der Waals surface area contributed by atoms with Gasteiger partial charge in [0.1, 0.15) is 0 Å². The molecule has 4 aliphatic rings. The SMILES string of the molecule is O=C(C1C2CCCC21)N1CCCC(N2CCNCC2=O)C1. The van der Waals surface area contributed by atoms with Crippen LogP contribution in [0.15, 0.2) is 0 Å². The van der Waals surface area contributed by atoms with Gasteiger partial charge in [0, 0.05) is 38.1 Å². The van der Waals surface area contributed by atoms with Crippen molar-refractivity contribution in [3.05, 3.63) is 0 Å². The molecule has 2 saturated heterocycles. The molecule has 0 aromatic carbocycles. The first-order valence-corrected chi connectivity index (χ1v) is 8.54. The third kappa shape index (κ3) is 2.35. The van der Waals surface area contributed by atoms with Crippen LogP contribution in [-0.4, -0.2) is 60.4 Å². The lowest BCUT2D eigenvalue weighted by molar-refractivity contribution is -0.141. The van der Waals surface area contributed by atoms with Crippen LogP contribution < -0.4 is 5.32 Å². The topological polar surface area (TPSA) is 52.7 Å². The van der Waals surface area contributed by atoms with Gasteiger partial charge < -0.3 is 15.1 Å². The van der Waals surface area contributed by atoms with E-state index in [1.165, 1.54) is 19.3 Å². The Labute approximate surface area is 126 Å². The quantitative estimate of drug-likeness (QED) is 0.804. The van der Waals surface area contributed by atoms with Crippen molar-refractivity contribution in [3.63, 3.8) is 0 Å². The number of piperazine rings is 1. The van der Waals surface area contributed by atoms with Crippen molar-refractivity contribution >= 4 is 11.8 Å². The Morgan fingerprint density at radius 2 is 1.90 bits per heavy atom. The molecule has 2 aliphatic carbocycles. The van der Waals surface area contributed by atoms with Gasteiger partial charge in [-0.1, -0.05) is 6.42 Å². The summed E-state index contributed by atoms with van der Waals surface area (Å²) in [5.74, 6) is 2.30. The van der Waals surface area contributed by atoms with E-state index in [2.05, 4.69) is 10.2 Å². The highest BCUT2D eigenvalue weighted by molar-refractivity contribution is 5.83. The number of rotatable bonds is 2. The molecule has 0 radical (unpaired) electrons. The van der Waals surface area contributed by atoms with Gasteiger partial charge in [-0.05, 0) is 37.5 Å². The fourth-order valence-electron chi connectivity index (χ4n) is 4.82. The smallest absolute Gasteiger partial charge is 0.236 e. The lowest BCUT2D eigenvalue weighted by atomic mass is 10.0. The largest absolute Gasteiger partial charge is 0.340 e. The Balaban J connectivity index is 1.38. The van der Waals surface area contributed by atoms with Gasteiger partial charge >= 0.3 is 0 Å². The number of carbonyl (C=O) groups is 2. The van der Waals surface area contributed by atoms with E-state index in [0.29, 0.717) is 30.2 Å². The van der Waals surface area contributed by atoms with Crippen LogP contribution >= 0.6 is 0 Å². The van der Waals surface area contributed by atoms with Crippen LogP contribution in [0.2, 0.25) is 0 Å². The first-order chi connectivity index (χ1) is 10.3. The molecule has 0 aromatic heterocycles. The van der Waals surface area contributed by atoms with Crippen LogP contribution in [-0.2, 0) is 9.59 Å². The number of piperidine rings is 1. The highest BCUT2D eigenvalue weighted by Crippen LogP contribution is 2.58. The fourth-order valence-corrected chi connectivity index (χ4v) is 4.82. The summed E-state index contributed by atoms with van der Waals surface area (Å²) in [6.45, 7) is 3.78. The maximum absolute atomic E-state index is 12.7. The van der Waals surface area contributed by atoms with E-state index >= 15 is 0 Å². The van der Waals surface area contributed by atoms with Gasteiger partial charge in [-0.15, -0.1) is 0 Å². The van der Waals surface area contributed by atoms with Crippen LogP contribution in [0.25, 0.3) is 0 Å². The molecule has 2 amide bonds. The first kappa shape index (κ1) is 13.6. The van der Waals surface area contributed by atoms with Gasteiger partial charge in [-0.3, -0.25) is 9.59 Å². The number of fused-ring (bicyclic) bond motifs is 1. The van der Waals surface area contributed by atoms with Crippen LogP contribution in [0, 0.1) is 17.8 Å². The maximum Gasteiger partial charge on any atom is 0.236 e. The average Bonchev–Trinajstić information content (AvgIpc) is 2.99. The van der Waals surface area contributed by atoms with Crippen LogP contribution in [0.4, 0.5) is 0 Å². The molecule has 2 saturated carbocycles. The van der Waals surface area contributed by atoms with Gasteiger partial charge in [0.25, 0.3) is 0 Å². The second-order valence-electron chi connectivity index (χ2n) is 7.13. The number of likely N-dealkylation sites (tertiary alicyclic amines) is 1. The van der Waals surface area contributed by atoms with E-state index in [-0.39, 0.29) is 11.9 Å². The van der Waals surface area contributed by atoms with Crippen LogP contribution in [0.3, 0.4) is 0 Å². The summed E-state index contributed by atoms with van der Waals surface area (Å²) in [5.41, 5.74) is 0. The van der Waals surface area contributed by atoms with E-state index in [9.17, 15) is 9.59 Å². The highest BCUT2D eigenvalue weighted by Gasteiger charge is 2.57. The second kappa shape index (κ2) is 5.27. The zero-order valence-electron chi connectivity index (χ0n) is 12.6. The molecule has 0 aromatic rings. The van der Waals surface area contributed by atoms with E-state index in [4.69, 9.17) is 0 Å². The molecule has 3 unspecified atom stereocenters. The molecule has 5 heteroatoms. The zero-order chi connectivity index (χ0) is 14.4. The Morgan fingerprint density at radius 1 is 1.10 bits per heavy atom. The Bertz CT molecular complexity index is 443. The second-order valence-corrected chi connectivity index (χ2v) is 7.13. The number of nitrogens with zero attached hydrogens (tertiary/aromatic N) is 2. The number of carbonyl (C=O) groups excluding carboxylic acids is 2. The molecule has 1 N–H and O–H groups in total. The number of nitrogens with one attached hydrogen (secondary N) is 1. The number of hydrogen-bond donors (Lipinski definition) is 1. The number of hydrogen-bond acceptors (Lipinski definition) is 3. The Hall–Kier alpha value is -1.10. The highest BCUT2D eigenvalue weighted by atomic mass is 16.2. The fraction of sp³-hybridized carbons (Fsp3) is 0.875. The van der Waals surface area contributed by atoms with Gasteiger partial charge in [0.2, 0.25) is 11.8 Å². The Kier molecular flexibility index (Phi) is 3.40. The minimum atomic E-state index is 0.198. The lowest BCUT2D eigenvalue weighted by Crippen LogP contribution is -2.57. The van der Waals surface area contributed by atoms with Crippen LogP contribution in [0.1, 0.15) is 32.1 Å². The van der Waals surface area contributed by atoms with Gasteiger partial charge in [-0.25, -0.2) is 0 Å². The van der Waals surface area contributed by atoms with Crippen molar-refractivity contribution in [1.82, 2.24) is 15.1 Å². The summed E-state index contributed by atoms with van der Waals surface area (Å²) in [4.78, 5) is 28.8. The predicted octanol–water partition coefficient (Wildman–Crippen LogP) is 0.455. The molecule has 2 heterocycles. The molecule has 3 atom stereocenters. The minimum Gasteiger partial charge on any atom is -0.340 e. The first-order valence-electron chi connectivity index (χ1n) is 8.54. The molecule has 2 aliphatic heterocycles. The number of amides is 2. The Morgan fingerprint density at radius 3 is 2.67 bits per heavy atom. The zero-order valence-corrected chi connectivity index (χ0v) is 12.6. The summed E-state index contributed by atoms with van der Waals surface area (Å²) in [6, 6.07) is 0.246. The summed E-state index contributed by atoms with van der Waals surface area (Å²) >= 11 is 0. The third-order valence-corrected chi connectivity index (χ3v) is 5.97. The van der Waals surface area contributed by atoms with Gasteiger partial charge in [0.05, 0.1) is 6.54 Å². The van der Waals surface area contributed by atoms with Crippen molar-refractivity contribution < 1.29 is 9.59 Å². The van der Waals surface area contributed by atoms with E-state index in [0.717, 1.165) is 39.0 Å².